The van der Waals surface area contributed by atoms with Gasteiger partial charge >= 0.3 is 7.75 Å². The van der Waals surface area contributed by atoms with Crippen LogP contribution in [0.25, 0.3) is 0 Å². The lowest BCUT2D eigenvalue weighted by Gasteiger charge is -2.33. The Bertz CT molecular complexity index is 689. The molecule has 0 amide bonds. The van der Waals surface area contributed by atoms with Crippen molar-refractivity contribution in [2.24, 2.45) is 0 Å². The molecule has 0 spiro atoms. The highest BCUT2D eigenvalue weighted by atomic mass is 31.2. The van der Waals surface area contributed by atoms with Gasteiger partial charge in [0.25, 0.3) is 0 Å². The maximum atomic E-state index is 13.7. The van der Waals surface area contributed by atoms with E-state index < -0.39 is 7.75 Å². The Morgan fingerprint density at radius 3 is 1.71 bits per heavy atom. The van der Waals surface area contributed by atoms with Crippen LogP contribution in [-0.4, -0.2) is 17.8 Å². The van der Waals surface area contributed by atoms with Crippen molar-refractivity contribution < 1.29 is 13.6 Å². The fourth-order valence-electron chi connectivity index (χ4n) is 2.82. The fourth-order valence-corrected chi connectivity index (χ4v) is 4.77. The van der Waals surface area contributed by atoms with Gasteiger partial charge in [-0.05, 0) is 49.9 Å². The molecule has 0 aromatic heterocycles. The summed E-state index contributed by atoms with van der Waals surface area (Å²) in [5, 5.41) is 0. The van der Waals surface area contributed by atoms with Crippen molar-refractivity contribution >= 4 is 7.75 Å². The van der Waals surface area contributed by atoms with E-state index >= 15 is 0 Å². The summed E-state index contributed by atoms with van der Waals surface area (Å²) in [6, 6.07) is 15.2. The molecule has 1 saturated heterocycles. The van der Waals surface area contributed by atoms with E-state index in [9.17, 15) is 4.57 Å². The number of aryl methyl sites for hydroxylation is 2. The smallest absolute Gasteiger partial charge is 0.404 e. The molecule has 1 heterocycles. The predicted molar refractivity (Wildman–Crippen MR) is 96.6 cm³/mol. The zero-order chi connectivity index (χ0) is 17.0. The fraction of sp³-hybridized carbons (Fsp3) is 0.368. The number of rotatable bonds is 5. The van der Waals surface area contributed by atoms with E-state index in [1.54, 1.807) is 0 Å². The number of nitrogens with zero attached hydrogens (tertiary/aromatic N) is 1. The standard InChI is InChI=1S/C19H24NO3P/c1-16-10-4-6-12-18(16)22-24(21,20-14-8-3-9-15-20)23-19-13-7-5-11-17(19)2/h4-7,10-13H,3,8-9,14-15H2,1-2H3. The molecule has 2 aromatic carbocycles. The number of piperidine rings is 1. The molecular formula is C19H24NO3P. The van der Waals surface area contributed by atoms with Crippen LogP contribution >= 0.6 is 7.75 Å². The Hall–Kier alpha value is -1.77. The summed E-state index contributed by atoms with van der Waals surface area (Å²) < 4.78 is 27.5. The summed E-state index contributed by atoms with van der Waals surface area (Å²) in [4.78, 5) is 0. The Morgan fingerprint density at radius 1 is 0.792 bits per heavy atom. The van der Waals surface area contributed by atoms with Crippen molar-refractivity contribution in [2.45, 2.75) is 33.1 Å². The number of hydrogen-bond acceptors (Lipinski definition) is 3. The summed E-state index contributed by atoms with van der Waals surface area (Å²) in [5.41, 5.74) is 1.89. The molecule has 0 bridgehead atoms. The van der Waals surface area contributed by atoms with Crippen LogP contribution in [0.4, 0.5) is 0 Å². The topological polar surface area (TPSA) is 38.8 Å². The minimum Gasteiger partial charge on any atom is -0.404 e. The van der Waals surface area contributed by atoms with Gasteiger partial charge in [-0.1, -0.05) is 42.8 Å². The van der Waals surface area contributed by atoms with Crippen molar-refractivity contribution in [1.29, 1.82) is 0 Å². The van der Waals surface area contributed by atoms with Crippen molar-refractivity contribution in [3.8, 4) is 11.5 Å². The van der Waals surface area contributed by atoms with Gasteiger partial charge in [0, 0.05) is 13.1 Å². The monoisotopic (exact) mass is 345 g/mol. The molecule has 1 fully saturated rings. The minimum atomic E-state index is -3.46. The average Bonchev–Trinajstić information content (AvgIpc) is 2.60. The first-order chi connectivity index (χ1) is 11.6. The van der Waals surface area contributed by atoms with Gasteiger partial charge in [-0.25, -0.2) is 4.57 Å². The Balaban J connectivity index is 1.93. The van der Waals surface area contributed by atoms with Gasteiger partial charge in [-0.3, -0.25) is 0 Å². The highest BCUT2D eigenvalue weighted by Crippen LogP contribution is 2.53. The van der Waals surface area contributed by atoms with Crippen LogP contribution in [0.15, 0.2) is 48.5 Å². The van der Waals surface area contributed by atoms with E-state index in [1.807, 2.05) is 67.0 Å². The van der Waals surface area contributed by atoms with E-state index in [0.29, 0.717) is 11.5 Å². The van der Waals surface area contributed by atoms with E-state index in [2.05, 4.69) is 0 Å². The van der Waals surface area contributed by atoms with Crippen molar-refractivity contribution in [2.75, 3.05) is 13.1 Å². The zero-order valence-corrected chi connectivity index (χ0v) is 15.2. The van der Waals surface area contributed by atoms with Crippen LogP contribution in [0, 0.1) is 13.8 Å². The molecule has 3 rings (SSSR count). The molecule has 1 aliphatic heterocycles. The Morgan fingerprint density at radius 2 is 1.25 bits per heavy atom. The Labute approximate surface area is 144 Å². The second-order valence-corrected chi connectivity index (χ2v) is 8.06. The van der Waals surface area contributed by atoms with Gasteiger partial charge in [0.15, 0.2) is 0 Å². The van der Waals surface area contributed by atoms with Gasteiger partial charge in [0.1, 0.15) is 11.5 Å². The molecule has 1 aliphatic rings. The molecule has 0 atom stereocenters. The van der Waals surface area contributed by atoms with Gasteiger partial charge in [-0.15, -0.1) is 0 Å². The lowest BCUT2D eigenvalue weighted by Crippen LogP contribution is -2.31. The molecule has 0 unspecified atom stereocenters. The van der Waals surface area contributed by atoms with Crippen LogP contribution in [0.1, 0.15) is 30.4 Å². The van der Waals surface area contributed by atoms with Crippen LogP contribution in [0.3, 0.4) is 0 Å². The van der Waals surface area contributed by atoms with E-state index in [4.69, 9.17) is 9.05 Å². The van der Waals surface area contributed by atoms with Gasteiger partial charge in [0.05, 0.1) is 0 Å². The molecule has 0 N–H and O–H groups in total. The molecule has 5 heteroatoms. The highest BCUT2D eigenvalue weighted by molar-refractivity contribution is 7.52. The summed E-state index contributed by atoms with van der Waals surface area (Å²) >= 11 is 0. The summed E-state index contributed by atoms with van der Waals surface area (Å²) in [7, 11) is -3.46. The third-order valence-electron chi connectivity index (χ3n) is 4.29. The second kappa shape index (κ2) is 7.42. The van der Waals surface area contributed by atoms with E-state index in [1.165, 1.54) is 0 Å². The zero-order valence-electron chi connectivity index (χ0n) is 14.3. The van der Waals surface area contributed by atoms with Crippen LogP contribution < -0.4 is 9.05 Å². The highest BCUT2D eigenvalue weighted by Gasteiger charge is 2.38. The van der Waals surface area contributed by atoms with Gasteiger partial charge in [0.2, 0.25) is 0 Å². The lowest BCUT2D eigenvalue weighted by atomic mass is 10.2. The van der Waals surface area contributed by atoms with Gasteiger partial charge in [-0.2, -0.15) is 4.67 Å². The average molecular weight is 345 g/mol. The van der Waals surface area contributed by atoms with Crippen LogP contribution in [0.2, 0.25) is 0 Å². The van der Waals surface area contributed by atoms with E-state index in [0.717, 1.165) is 43.5 Å². The number of benzene rings is 2. The molecule has 0 radical (unpaired) electrons. The lowest BCUT2D eigenvalue weighted by molar-refractivity contribution is 0.255. The van der Waals surface area contributed by atoms with Crippen molar-refractivity contribution in [3.05, 3.63) is 59.7 Å². The molecular weight excluding hydrogens is 321 g/mol. The third kappa shape index (κ3) is 3.82. The second-order valence-electron chi connectivity index (χ2n) is 6.20. The summed E-state index contributed by atoms with van der Waals surface area (Å²) in [5.74, 6) is 1.22. The normalized spacial score (nSPS) is 15.9. The maximum Gasteiger partial charge on any atom is 0.515 e. The molecule has 4 nitrogen and oxygen atoms in total. The van der Waals surface area contributed by atoms with Crippen LogP contribution in [-0.2, 0) is 4.57 Å². The van der Waals surface area contributed by atoms with Crippen molar-refractivity contribution in [1.82, 2.24) is 4.67 Å². The first-order valence-electron chi connectivity index (χ1n) is 8.44. The molecule has 0 saturated carbocycles. The largest absolute Gasteiger partial charge is 0.515 e. The summed E-state index contributed by atoms with van der Waals surface area (Å²) in [6.45, 7) is 5.36. The quantitative estimate of drug-likeness (QED) is 0.684. The minimum absolute atomic E-state index is 0.611. The third-order valence-corrected chi connectivity index (χ3v) is 6.24. The van der Waals surface area contributed by atoms with Crippen molar-refractivity contribution in [3.63, 3.8) is 0 Å². The maximum absolute atomic E-state index is 13.7. The SMILES string of the molecule is Cc1ccccc1OP(=O)(Oc1ccccc1C)N1CCCCC1. The first-order valence-corrected chi connectivity index (χ1v) is 9.94. The molecule has 2 aromatic rings. The van der Waals surface area contributed by atoms with Gasteiger partial charge < -0.3 is 9.05 Å². The molecule has 128 valence electrons. The molecule has 0 aliphatic carbocycles. The van der Waals surface area contributed by atoms with E-state index in [-0.39, 0.29) is 0 Å². The molecule has 24 heavy (non-hydrogen) atoms. The van der Waals surface area contributed by atoms with Crippen LogP contribution in [0.5, 0.6) is 11.5 Å². The predicted octanol–water partition coefficient (Wildman–Crippen LogP) is 5.36. The summed E-state index contributed by atoms with van der Waals surface area (Å²) in [6.07, 6.45) is 3.18. The number of para-hydroxylation sites is 2. The first kappa shape index (κ1) is 17.1. The number of hydrogen-bond donors (Lipinski definition) is 0. The Kier molecular flexibility index (Phi) is 5.27.